The predicted molar refractivity (Wildman–Crippen MR) is 91.4 cm³/mol. The van der Waals surface area contributed by atoms with Crippen molar-refractivity contribution < 1.29 is 9.90 Å². The van der Waals surface area contributed by atoms with Gasteiger partial charge in [-0.1, -0.05) is 42.0 Å². The average molecular weight is 323 g/mol. The number of hydrogen-bond acceptors (Lipinski definition) is 3. The van der Waals surface area contributed by atoms with Crippen molar-refractivity contribution in [1.82, 2.24) is 15.3 Å². The number of aromatic nitrogens is 2. The summed E-state index contributed by atoms with van der Waals surface area (Å²) in [5.41, 5.74) is 2.22. The summed E-state index contributed by atoms with van der Waals surface area (Å²) in [4.78, 5) is 30.6. The first-order valence-corrected chi connectivity index (χ1v) is 7.57. The van der Waals surface area contributed by atoms with Crippen LogP contribution in [0.25, 0.3) is 10.9 Å². The molecule has 0 bridgehead atoms. The number of aryl methyl sites for hydroxylation is 1. The first-order chi connectivity index (χ1) is 11.5. The molecule has 2 aromatic carbocycles. The van der Waals surface area contributed by atoms with E-state index in [0.717, 1.165) is 11.1 Å². The summed E-state index contributed by atoms with van der Waals surface area (Å²) in [5, 5.41) is 11.8. The molecule has 1 atom stereocenters. The first-order valence-electron chi connectivity index (χ1n) is 7.57. The highest BCUT2D eigenvalue weighted by Crippen LogP contribution is 2.21. The Kier molecular flexibility index (Phi) is 4.29. The van der Waals surface area contributed by atoms with Crippen molar-refractivity contribution in [1.29, 1.82) is 0 Å². The Morgan fingerprint density at radius 2 is 2.00 bits per heavy atom. The van der Waals surface area contributed by atoms with Crippen molar-refractivity contribution in [3.05, 3.63) is 75.8 Å². The third kappa shape index (κ3) is 3.27. The van der Waals surface area contributed by atoms with Gasteiger partial charge in [0.15, 0.2) is 0 Å². The van der Waals surface area contributed by atoms with Crippen molar-refractivity contribution in [2.24, 2.45) is 0 Å². The van der Waals surface area contributed by atoms with Crippen LogP contribution in [0.3, 0.4) is 0 Å². The normalized spacial score (nSPS) is 12.0. The number of nitrogens with one attached hydrogen (secondary N) is 2. The van der Waals surface area contributed by atoms with Crippen molar-refractivity contribution in [3.8, 4) is 0 Å². The molecule has 0 radical (unpaired) electrons. The maximum absolute atomic E-state index is 12.4. The third-order valence-electron chi connectivity index (χ3n) is 3.87. The maximum Gasteiger partial charge on any atom is 0.404 e. The van der Waals surface area contributed by atoms with Crippen molar-refractivity contribution >= 4 is 17.0 Å². The summed E-state index contributed by atoms with van der Waals surface area (Å²) >= 11 is 0. The van der Waals surface area contributed by atoms with Gasteiger partial charge in [-0.25, -0.2) is 9.78 Å². The molecule has 0 fully saturated rings. The molecule has 24 heavy (non-hydrogen) atoms. The standard InChI is InChI=1S/C18H17N3O3/c1-11-7-8-15-13(9-11)17(22)21-16(20-15)14(10-19-18(23)24)12-5-3-2-4-6-12/h2-9,14,19H,10H2,1H3,(H,23,24)(H,20,21,22). The number of benzene rings is 2. The minimum absolute atomic E-state index is 0.125. The summed E-state index contributed by atoms with van der Waals surface area (Å²) in [6.45, 7) is 2.04. The number of H-pyrrole nitrogens is 1. The van der Waals surface area contributed by atoms with E-state index < -0.39 is 6.09 Å². The Morgan fingerprint density at radius 1 is 1.25 bits per heavy atom. The number of carbonyl (C=O) groups is 1. The van der Waals surface area contributed by atoms with Crippen LogP contribution in [-0.4, -0.2) is 27.7 Å². The van der Waals surface area contributed by atoms with Crippen LogP contribution < -0.4 is 10.9 Å². The monoisotopic (exact) mass is 323 g/mol. The highest BCUT2D eigenvalue weighted by atomic mass is 16.4. The van der Waals surface area contributed by atoms with E-state index in [9.17, 15) is 9.59 Å². The van der Waals surface area contributed by atoms with E-state index in [1.807, 2.05) is 43.3 Å². The predicted octanol–water partition coefficient (Wildman–Crippen LogP) is 2.63. The van der Waals surface area contributed by atoms with E-state index in [1.165, 1.54) is 0 Å². The second-order valence-electron chi connectivity index (χ2n) is 5.62. The average Bonchev–Trinajstić information content (AvgIpc) is 2.56. The van der Waals surface area contributed by atoms with Gasteiger partial charge in [0.25, 0.3) is 5.56 Å². The van der Waals surface area contributed by atoms with Crippen LogP contribution in [0, 0.1) is 6.92 Å². The molecule has 0 aliphatic rings. The Labute approximate surface area is 138 Å². The summed E-state index contributed by atoms with van der Waals surface area (Å²) in [6.07, 6.45) is -1.12. The number of carboxylic acid groups (broad SMARTS) is 1. The Hall–Kier alpha value is -3.15. The fourth-order valence-corrected chi connectivity index (χ4v) is 2.68. The van der Waals surface area contributed by atoms with Crippen LogP contribution >= 0.6 is 0 Å². The molecule has 122 valence electrons. The van der Waals surface area contributed by atoms with E-state index in [4.69, 9.17) is 5.11 Å². The lowest BCUT2D eigenvalue weighted by molar-refractivity contribution is 0.194. The Balaban J connectivity index is 2.10. The second kappa shape index (κ2) is 6.54. The molecular formula is C18H17N3O3. The Bertz CT molecular complexity index is 935. The lowest BCUT2D eigenvalue weighted by Crippen LogP contribution is -2.29. The largest absolute Gasteiger partial charge is 0.465 e. The molecule has 0 spiro atoms. The molecule has 0 saturated heterocycles. The van der Waals surface area contributed by atoms with Crippen LogP contribution in [0.2, 0.25) is 0 Å². The first kappa shape index (κ1) is 15.7. The van der Waals surface area contributed by atoms with Gasteiger partial charge < -0.3 is 15.4 Å². The molecule has 6 heteroatoms. The Morgan fingerprint density at radius 3 is 2.71 bits per heavy atom. The van der Waals surface area contributed by atoms with Gasteiger partial charge in [0, 0.05) is 6.54 Å². The molecule has 3 rings (SSSR count). The molecule has 6 nitrogen and oxygen atoms in total. The zero-order valence-electron chi connectivity index (χ0n) is 13.1. The van der Waals surface area contributed by atoms with Gasteiger partial charge >= 0.3 is 6.09 Å². The minimum Gasteiger partial charge on any atom is -0.465 e. The van der Waals surface area contributed by atoms with Crippen LogP contribution in [0.1, 0.15) is 22.9 Å². The molecule has 0 aliphatic heterocycles. The third-order valence-corrected chi connectivity index (χ3v) is 3.87. The van der Waals surface area contributed by atoms with Crippen LogP contribution in [0.15, 0.2) is 53.3 Å². The fraction of sp³-hybridized carbons (Fsp3) is 0.167. The molecule has 1 aromatic heterocycles. The second-order valence-corrected chi connectivity index (χ2v) is 5.62. The number of amides is 1. The molecule has 1 unspecified atom stereocenters. The van der Waals surface area contributed by atoms with Gasteiger partial charge in [-0.15, -0.1) is 0 Å². The smallest absolute Gasteiger partial charge is 0.404 e. The lowest BCUT2D eigenvalue weighted by Gasteiger charge is -2.17. The SMILES string of the molecule is Cc1ccc2nc(C(CNC(=O)O)c3ccccc3)[nH]c(=O)c2c1. The van der Waals surface area contributed by atoms with Gasteiger partial charge in [-0.2, -0.15) is 0 Å². The number of hydrogen-bond donors (Lipinski definition) is 3. The van der Waals surface area contributed by atoms with Crippen LogP contribution in [0.5, 0.6) is 0 Å². The van der Waals surface area contributed by atoms with Gasteiger partial charge in [0.05, 0.1) is 16.8 Å². The summed E-state index contributed by atoms with van der Waals surface area (Å²) in [7, 11) is 0. The van der Waals surface area contributed by atoms with E-state index in [-0.39, 0.29) is 18.0 Å². The van der Waals surface area contributed by atoms with Gasteiger partial charge in [-0.05, 0) is 24.6 Å². The summed E-state index contributed by atoms with van der Waals surface area (Å²) in [6, 6.07) is 14.9. The molecule has 0 saturated carbocycles. The van der Waals surface area contributed by atoms with Crippen molar-refractivity contribution in [2.45, 2.75) is 12.8 Å². The molecule has 1 heterocycles. The van der Waals surface area contributed by atoms with Gasteiger partial charge in [0.1, 0.15) is 5.82 Å². The zero-order valence-corrected chi connectivity index (χ0v) is 13.1. The molecular weight excluding hydrogens is 306 g/mol. The highest BCUT2D eigenvalue weighted by molar-refractivity contribution is 5.78. The maximum atomic E-state index is 12.4. The van der Waals surface area contributed by atoms with Crippen LogP contribution in [-0.2, 0) is 0 Å². The molecule has 3 N–H and O–H groups in total. The van der Waals surface area contributed by atoms with Crippen LogP contribution in [0.4, 0.5) is 4.79 Å². The highest BCUT2D eigenvalue weighted by Gasteiger charge is 2.18. The number of rotatable bonds is 4. The number of aromatic amines is 1. The molecule has 1 amide bonds. The van der Waals surface area contributed by atoms with Crippen molar-refractivity contribution in [3.63, 3.8) is 0 Å². The number of nitrogens with zero attached hydrogens (tertiary/aromatic N) is 1. The fourth-order valence-electron chi connectivity index (χ4n) is 2.68. The lowest BCUT2D eigenvalue weighted by atomic mass is 9.98. The quantitative estimate of drug-likeness (QED) is 0.688. The minimum atomic E-state index is -1.12. The van der Waals surface area contributed by atoms with E-state index >= 15 is 0 Å². The van der Waals surface area contributed by atoms with Gasteiger partial charge in [0.2, 0.25) is 0 Å². The molecule has 3 aromatic rings. The summed E-state index contributed by atoms with van der Waals surface area (Å²) in [5.74, 6) is 0.0667. The van der Waals surface area contributed by atoms with E-state index in [1.54, 1.807) is 12.1 Å². The zero-order chi connectivity index (χ0) is 17.1. The van der Waals surface area contributed by atoms with Gasteiger partial charge in [-0.3, -0.25) is 4.79 Å². The summed E-state index contributed by atoms with van der Waals surface area (Å²) < 4.78 is 0. The van der Waals surface area contributed by atoms with E-state index in [2.05, 4.69) is 15.3 Å². The van der Waals surface area contributed by atoms with Crippen molar-refractivity contribution in [2.75, 3.05) is 6.54 Å². The van der Waals surface area contributed by atoms with E-state index in [0.29, 0.717) is 16.7 Å². The topological polar surface area (TPSA) is 95.1 Å². The number of fused-ring (bicyclic) bond motifs is 1. The molecule has 0 aliphatic carbocycles.